The van der Waals surface area contributed by atoms with Crippen LogP contribution in [0.3, 0.4) is 0 Å². The van der Waals surface area contributed by atoms with Gasteiger partial charge in [0, 0.05) is 18.2 Å². The maximum atomic E-state index is 11.4. The summed E-state index contributed by atoms with van der Waals surface area (Å²) in [6.07, 6.45) is 0.433. The first-order valence-corrected chi connectivity index (χ1v) is 6.14. The summed E-state index contributed by atoms with van der Waals surface area (Å²) in [7, 11) is 0. The predicted molar refractivity (Wildman–Crippen MR) is 60.6 cm³/mol. The summed E-state index contributed by atoms with van der Waals surface area (Å²) in [6.45, 7) is 1.30. The summed E-state index contributed by atoms with van der Waals surface area (Å²) in [4.78, 5) is 34.9. The molecule has 1 fully saturated rings. The third-order valence-electron chi connectivity index (χ3n) is 2.61. The number of hydrogen-bond donors (Lipinski definition) is 1. The van der Waals surface area contributed by atoms with E-state index in [1.807, 2.05) is 0 Å². The molecule has 0 aliphatic carbocycles. The number of carbonyl (C=O) groups excluding carboxylic acids is 3. The molecule has 17 heavy (non-hydrogen) atoms. The molecule has 0 radical (unpaired) electrons. The van der Waals surface area contributed by atoms with Crippen LogP contribution >= 0.6 is 11.8 Å². The lowest BCUT2D eigenvalue weighted by Crippen LogP contribution is -2.55. The van der Waals surface area contributed by atoms with Gasteiger partial charge in [0.05, 0.1) is 11.8 Å². The fourth-order valence-electron chi connectivity index (χ4n) is 1.82. The van der Waals surface area contributed by atoms with Gasteiger partial charge in [-0.2, -0.15) is 0 Å². The Morgan fingerprint density at radius 1 is 1.59 bits per heavy atom. The maximum absolute atomic E-state index is 11.4. The van der Waals surface area contributed by atoms with E-state index in [1.54, 1.807) is 11.8 Å². The minimum Gasteiger partial charge on any atom is -0.461 e. The van der Waals surface area contributed by atoms with Crippen molar-refractivity contribution in [1.29, 1.82) is 0 Å². The molecule has 2 heterocycles. The van der Waals surface area contributed by atoms with E-state index in [-0.39, 0.29) is 23.6 Å². The van der Waals surface area contributed by atoms with E-state index >= 15 is 0 Å². The van der Waals surface area contributed by atoms with Gasteiger partial charge in [-0.15, -0.1) is 11.8 Å². The Morgan fingerprint density at radius 2 is 2.29 bits per heavy atom. The maximum Gasteiger partial charge on any atom is 0.302 e. The molecule has 1 unspecified atom stereocenters. The van der Waals surface area contributed by atoms with Crippen molar-refractivity contribution in [1.82, 2.24) is 4.90 Å². The summed E-state index contributed by atoms with van der Waals surface area (Å²) in [6, 6.07) is 0. The second-order valence-electron chi connectivity index (χ2n) is 3.83. The third-order valence-corrected chi connectivity index (χ3v) is 3.89. The number of rotatable bonds is 3. The number of thioether (sulfide) groups is 1. The van der Waals surface area contributed by atoms with Crippen LogP contribution < -0.4 is 5.73 Å². The normalized spacial score (nSPS) is 23.0. The summed E-state index contributed by atoms with van der Waals surface area (Å²) >= 11 is 1.55. The Hall–Kier alpha value is -1.50. The molecule has 1 atom stereocenters. The Bertz CT molecular complexity index is 432. The number of primary amides is 1. The Balaban J connectivity index is 2.23. The van der Waals surface area contributed by atoms with Crippen molar-refractivity contribution in [3.8, 4) is 0 Å². The minimum atomic E-state index is -0.648. The quantitative estimate of drug-likeness (QED) is 0.548. The van der Waals surface area contributed by atoms with Gasteiger partial charge in [0.15, 0.2) is 0 Å². The molecule has 0 aromatic rings. The van der Waals surface area contributed by atoms with Gasteiger partial charge in [0.1, 0.15) is 12.3 Å². The largest absolute Gasteiger partial charge is 0.461 e. The number of esters is 1. The first kappa shape index (κ1) is 12.0. The van der Waals surface area contributed by atoms with E-state index in [4.69, 9.17) is 10.5 Å². The van der Waals surface area contributed by atoms with Gasteiger partial charge in [-0.1, -0.05) is 0 Å². The standard InChI is InChI=1S/C10H12N2O4S/c1-5(13)16-3-6-4-17-8-2-7(14)12(8)9(6)10(11)15/h8H,2-4H2,1H3,(H2,11,15). The van der Waals surface area contributed by atoms with Gasteiger partial charge in [-0.3, -0.25) is 19.3 Å². The lowest BCUT2D eigenvalue weighted by atomic mass is 10.1. The highest BCUT2D eigenvalue weighted by Crippen LogP contribution is 2.39. The van der Waals surface area contributed by atoms with Crippen LogP contribution in [0.2, 0.25) is 0 Å². The fourth-order valence-corrected chi connectivity index (χ4v) is 3.06. The average molecular weight is 256 g/mol. The Kier molecular flexibility index (Phi) is 3.10. The second kappa shape index (κ2) is 4.40. The number of fused-ring (bicyclic) bond motifs is 1. The van der Waals surface area contributed by atoms with Crippen molar-refractivity contribution in [3.63, 3.8) is 0 Å². The fraction of sp³-hybridized carbons (Fsp3) is 0.500. The van der Waals surface area contributed by atoms with Crippen molar-refractivity contribution < 1.29 is 19.1 Å². The number of hydrogen-bond acceptors (Lipinski definition) is 5. The summed E-state index contributed by atoms with van der Waals surface area (Å²) < 4.78 is 4.85. The lowest BCUT2D eigenvalue weighted by molar-refractivity contribution is -0.141. The molecule has 0 aromatic heterocycles. The first-order chi connectivity index (χ1) is 8.00. The van der Waals surface area contributed by atoms with Crippen molar-refractivity contribution in [2.75, 3.05) is 12.4 Å². The van der Waals surface area contributed by atoms with Gasteiger partial charge in [-0.05, 0) is 0 Å². The van der Waals surface area contributed by atoms with Crippen molar-refractivity contribution in [2.45, 2.75) is 18.7 Å². The van der Waals surface area contributed by atoms with Gasteiger partial charge < -0.3 is 10.5 Å². The van der Waals surface area contributed by atoms with Crippen LogP contribution in [0.5, 0.6) is 0 Å². The summed E-state index contributed by atoms with van der Waals surface area (Å²) in [5.74, 6) is -0.634. The van der Waals surface area contributed by atoms with Crippen molar-refractivity contribution in [3.05, 3.63) is 11.3 Å². The molecule has 1 saturated heterocycles. The molecule has 2 N–H and O–H groups in total. The first-order valence-electron chi connectivity index (χ1n) is 5.09. The monoisotopic (exact) mass is 256 g/mol. The summed E-state index contributed by atoms with van der Waals surface area (Å²) in [5, 5.41) is 0.00563. The van der Waals surface area contributed by atoms with Crippen LogP contribution in [0.4, 0.5) is 0 Å². The molecule has 0 spiro atoms. The molecule has 92 valence electrons. The SMILES string of the molecule is CC(=O)OCC1=C(C(N)=O)N2C(=O)CC2SC1. The van der Waals surface area contributed by atoms with E-state index in [0.717, 1.165) is 0 Å². The molecular formula is C10H12N2O4S. The van der Waals surface area contributed by atoms with Crippen LogP contribution in [-0.2, 0) is 19.1 Å². The highest BCUT2D eigenvalue weighted by molar-refractivity contribution is 8.00. The number of amides is 2. The average Bonchev–Trinajstić information content (AvgIpc) is 2.24. The molecule has 0 saturated carbocycles. The second-order valence-corrected chi connectivity index (χ2v) is 5.00. The molecule has 2 amide bonds. The lowest BCUT2D eigenvalue weighted by Gasteiger charge is -2.44. The molecule has 7 heteroatoms. The van der Waals surface area contributed by atoms with Crippen molar-refractivity contribution >= 4 is 29.5 Å². The van der Waals surface area contributed by atoms with Gasteiger partial charge in [0.25, 0.3) is 5.91 Å². The topological polar surface area (TPSA) is 89.7 Å². The van der Waals surface area contributed by atoms with Gasteiger partial charge in [0.2, 0.25) is 5.91 Å². The molecule has 0 aromatic carbocycles. The van der Waals surface area contributed by atoms with E-state index in [2.05, 4.69) is 0 Å². The van der Waals surface area contributed by atoms with Crippen LogP contribution in [0.25, 0.3) is 0 Å². The zero-order valence-electron chi connectivity index (χ0n) is 9.26. The molecule has 0 bridgehead atoms. The van der Waals surface area contributed by atoms with E-state index in [1.165, 1.54) is 11.8 Å². The number of β-lactam (4-membered cyclic amide) rings is 1. The van der Waals surface area contributed by atoms with Gasteiger partial charge >= 0.3 is 5.97 Å². The van der Waals surface area contributed by atoms with E-state index in [9.17, 15) is 14.4 Å². The van der Waals surface area contributed by atoms with Crippen LogP contribution in [-0.4, -0.2) is 40.4 Å². The molecule has 6 nitrogen and oxygen atoms in total. The smallest absolute Gasteiger partial charge is 0.302 e. The number of nitrogens with two attached hydrogens (primary N) is 1. The van der Waals surface area contributed by atoms with E-state index in [0.29, 0.717) is 17.7 Å². The molecular weight excluding hydrogens is 244 g/mol. The highest BCUT2D eigenvalue weighted by atomic mass is 32.2. The number of nitrogens with zero attached hydrogens (tertiary/aromatic N) is 1. The van der Waals surface area contributed by atoms with Crippen LogP contribution in [0, 0.1) is 0 Å². The number of ether oxygens (including phenoxy) is 1. The van der Waals surface area contributed by atoms with Crippen LogP contribution in [0.15, 0.2) is 11.3 Å². The Labute approximate surface area is 102 Å². The summed E-state index contributed by atoms with van der Waals surface area (Å²) in [5.41, 5.74) is 6.07. The molecule has 2 aliphatic heterocycles. The van der Waals surface area contributed by atoms with E-state index < -0.39 is 11.9 Å². The Morgan fingerprint density at radius 3 is 2.82 bits per heavy atom. The van der Waals surface area contributed by atoms with Gasteiger partial charge in [-0.25, -0.2) is 0 Å². The van der Waals surface area contributed by atoms with Crippen molar-refractivity contribution in [2.24, 2.45) is 5.73 Å². The third kappa shape index (κ3) is 2.14. The zero-order chi connectivity index (χ0) is 12.6. The molecule has 2 aliphatic rings. The highest BCUT2D eigenvalue weighted by Gasteiger charge is 2.44. The predicted octanol–water partition coefficient (Wildman–Crippen LogP) is -0.406. The zero-order valence-corrected chi connectivity index (χ0v) is 10.1. The number of carbonyl (C=O) groups is 3. The van der Waals surface area contributed by atoms with Crippen LogP contribution in [0.1, 0.15) is 13.3 Å². The molecule has 2 rings (SSSR count). The minimum absolute atomic E-state index is 0.00563.